The van der Waals surface area contributed by atoms with E-state index < -0.39 is 0 Å². The Balaban J connectivity index is 0.000000234. The molecule has 0 saturated heterocycles. The van der Waals surface area contributed by atoms with Crippen molar-refractivity contribution in [1.82, 2.24) is 40.8 Å². The number of ether oxygens (including phenoxy) is 1. The molecule has 0 bridgehead atoms. The van der Waals surface area contributed by atoms with Gasteiger partial charge in [0.2, 0.25) is 11.8 Å². The number of ketones is 2. The van der Waals surface area contributed by atoms with Crippen molar-refractivity contribution in [2.45, 2.75) is 54.1 Å². The van der Waals surface area contributed by atoms with Gasteiger partial charge in [-0.05, 0) is 65.1 Å². The number of pyridine rings is 2. The first kappa shape index (κ1) is 46.0. The predicted octanol–water partition coefficient (Wildman–Crippen LogP) is 6.78. The highest BCUT2D eigenvalue weighted by atomic mass is 16.5. The van der Waals surface area contributed by atoms with Gasteiger partial charge in [0.15, 0.2) is 11.6 Å². The topological polar surface area (TPSA) is 203 Å². The molecular weight excluding hydrogens is 785 g/mol. The number of carbonyl (C=O) groups is 4. The average molecular weight is 837 g/mol. The molecule has 4 N–H and O–H groups in total. The van der Waals surface area contributed by atoms with E-state index in [0.29, 0.717) is 30.2 Å². The Hall–Kier alpha value is -7.10. The Morgan fingerprint density at radius 1 is 0.613 bits per heavy atom. The van der Waals surface area contributed by atoms with Gasteiger partial charge in [-0.3, -0.25) is 29.1 Å². The van der Waals surface area contributed by atoms with Crippen molar-refractivity contribution >= 4 is 34.8 Å². The van der Waals surface area contributed by atoms with Gasteiger partial charge in [-0.1, -0.05) is 71.0 Å². The van der Waals surface area contributed by atoms with E-state index in [1.165, 1.54) is 11.9 Å². The highest BCUT2D eigenvalue weighted by molar-refractivity contribution is 6.06. The summed E-state index contributed by atoms with van der Waals surface area (Å²) >= 11 is 0. The molecule has 0 spiro atoms. The van der Waals surface area contributed by atoms with E-state index in [2.05, 4.69) is 70.5 Å². The fraction of sp³-hybridized carbons (Fsp3) is 0.277. The first-order valence-electron chi connectivity index (χ1n) is 20.3. The number of methoxy groups -OCH3 is 1. The molecule has 0 fully saturated rings. The third kappa shape index (κ3) is 13.5. The standard InChI is InChI=1S/C24H27N5O2.C23H25N5O3/c1-4-17-6-5-7-19(10-17)20-11-21(23(26-14-20)24(31)16(2)3)29-22(30)15-25-12-18-8-9-27-28-13-18;1-15(2)23(30)22-20(28-21(29)13-25-12-18-7-8-24-14-27-18)10-17(11-26-22)16-5-4-6-19(9-16)31-3/h5-11,13-14,16,25H,4,12,15H2,1-3H3,(H,29,30);4-11,14-15,25H,12-13H2,1-3H3,(H,28,29). The first-order chi connectivity index (χ1) is 29.9. The molecule has 6 aromatic rings. The number of nitrogens with one attached hydrogen (secondary N) is 4. The summed E-state index contributed by atoms with van der Waals surface area (Å²) in [5.41, 5.74) is 7.72. The summed E-state index contributed by atoms with van der Waals surface area (Å²) in [4.78, 5) is 67.1. The molecule has 4 heterocycles. The maximum absolute atomic E-state index is 12.7. The largest absolute Gasteiger partial charge is 0.497 e. The van der Waals surface area contributed by atoms with Crippen molar-refractivity contribution in [3.8, 4) is 28.0 Å². The van der Waals surface area contributed by atoms with Crippen molar-refractivity contribution in [3.05, 3.63) is 138 Å². The Labute approximate surface area is 361 Å². The number of nitrogens with zero attached hydrogens (tertiary/aromatic N) is 6. The number of hydrogen-bond donors (Lipinski definition) is 4. The van der Waals surface area contributed by atoms with Crippen molar-refractivity contribution in [3.63, 3.8) is 0 Å². The number of rotatable bonds is 18. The van der Waals surface area contributed by atoms with Crippen LogP contribution in [0.1, 0.15) is 72.4 Å². The highest BCUT2D eigenvalue weighted by Crippen LogP contribution is 2.29. The van der Waals surface area contributed by atoms with E-state index in [0.717, 1.165) is 39.9 Å². The van der Waals surface area contributed by atoms with Crippen molar-refractivity contribution in [2.24, 2.45) is 11.8 Å². The Bertz CT molecular complexity index is 2280. The number of Topliss-reactive ketones (excluding diaryl/α,β-unsaturated/α-hetero) is 2. The SMILES string of the molecule is CCc1cccc(-c2cnc(C(=O)C(C)C)c(NC(=O)CNCc3ccnnc3)c2)c1.COc1cccc(-c2cnc(C(=O)C(C)C)c(NC(=O)CNCc3ccncn3)c2)c1. The molecule has 2 aromatic carbocycles. The molecule has 62 heavy (non-hydrogen) atoms. The van der Waals surface area contributed by atoms with Gasteiger partial charge in [0.05, 0.1) is 43.5 Å². The van der Waals surface area contributed by atoms with Crippen LogP contribution in [0.25, 0.3) is 22.3 Å². The monoisotopic (exact) mass is 836 g/mol. The van der Waals surface area contributed by atoms with Gasteiger partial charge in [-0.15, -0.1) is 0 Å². The van der Waals surface area contributed by atoms with E-state index in [4.69, 9.17) is 4.74 Å². The molecule has 0 atom stereocenters. The quantitative estimate of drug-likeness (QED) is 0.0661. The maximum atomic E-state index is 12.7. The smallest absolute Gasteiger partial charge is 0.238 e. The first-order valence-corrected chi connectivity index (χ1v) is 20.3. The molecule has 0 unspecified atom stereocenters. The summed E-state index contributed by atoms with van der Waals surface area (Å²) < 4.78 is 5.28. The second-order valence-electron chi connectivity index (χ2n) is 14.8. The van der Waals surface area contributed by atoms with Crippen LogP contribution in [0.15, 0.2) is 110 Å². The van der Waals surface area contributed by atoms with Crippen molar-refractivity contribution in [1.29, 1.82) is 0 Å². The Kier molecular flexibility index (Phi) is 17.1. The molecule has 0 aliphatic rings. The summed E-state index contributed by atoms with van der Waals surface area (Å²) in [7, 11) is 1.60. The van der Waals surface area contributed by atoms with Crippen LogP contribution >= 0.6 is 0 Å². The van der Waals surface area contributed by atoms with Gasteiger partial charge in [0.25, 0.3) is 0 Å². The zero-order valence-electron chi connectivity index (χ0n) is 35.8. The fourth-order valence-electron chi connectivity index (χ4n) is 6.01. The number of amides is 2. The van der Waals surface area contributed by atoms with Gasteiger partial charge in [0.1, 0.15) is 23.5 Å². The number of carbonyl (C=O) groups excluding carboxylic acids is 4. The minimum Gasteiger partial charge on any atom is -0.497 e. The molecule has 4 aromatic heterocycles. The second kappa shape index (κ2) is 23.0. The second-order valence-corrected chi connectivity index (χ2v) is 14.8. The summed E-state index contributed by atoms with van der Waals surface area (Å²) in [6, 6.07) is 22.8. The Morgan fingerprint density at radius 2 is 1.21 bits per heavy atom. The minimum atomic E-state index is -0.281. The lowest BCUT2D eigenvalue weighted by atomic mass is 10.00. The van der Waals surface area contributed by atoms with Crippen LogP contribution in [0, 0.1) is 11.8 Å². The number of anilines is 2. The van der Waals surface area contributed by atoms with Crippen LogP contribution in [-0.2, 0) is 29.1 Å². The molecule has 0 saturated carbocycles. The lowest BCUT2D eigenvalue weighted by Gasteiger charge is -2.14. The van der Waals surface area contributed by atoms with Crippen LogP contribution in [0.3, 0.4) is 0 Å². The van der Waals surface area contributed by atoms with E-state index in [1.807, 2.05) is 62.4 Å². The molecule has 15 nitrogen and oxygen atoms in total. The Morgan fingerprint density at radius 3 is 1.74 bits per heavy atom. The molecule has 0 radical (unpaired) electrons. The minimum absolute atomic E-state index is 0.0582. The van der Waals surface area contributed by atoms with E-state index in [-0.39, 0.29) is 59.7 Å². The number of aryl methyl sites for hydroxylation is 1. The van der Waals surface area contributed by atoms with Crippen LogP contribution in [0.4, 0.5) is 11.4 Å². The average Bonchev–Trinajstić information content (AvgIpc) is 3.29. The van der Waals surface area contributed by atoms with Gasteiger partial charge < -0.3 is 26.0 Å². The van der Waals surface area contributed by atoms with Crippen LogP contribution in [0.2, 0.25) is 0 Å². The van der Waals surface area contributed by atoms with E-state index in [1.54, 1.807) is 64.1 Å². The van der Waals surface area contributed by atoms with E-state index >= 15 is 0 Å². The normalized spacial score (nSPS) is 10.8. The van der Waals surface area contributed by atoms with Crippen molar-refractivity contribution in [2.75, 3.05) is 30.8 Å². The summed E-state index contributed by atoms with van der Waals surface area (Å²) in [5.74, 6) is -0.547. The summed E-state index contributed by atoms with van der Waals surface area (Å²) in [6.07, 6.45) is 10.6. The fourth-order valence-corrected chi connectivity index (χ4v) is 6.01. The van der Waals surface area contributed by atoms with Gasteiger partial charge in [0, 0.05) is 60.8 Å². The molecule has 15 heteroatoms. The lowest BCUT2D eigenvalue weighted by molar-refractivity contribution is -0.116. The maximum Gasteiger partial charge on any atom is 0.238 e. The zero-order chi connectivity index (χ0) is 44.4. The third-order valence-electron chi connectivity index (χ3n) is 9.41. The lowest BCUT2D eigenvalue weighted by Crippen LogP contribution is -2.29. The van der Waals surface area contributed by atoms with Gasteiger partial charge in [-0.25, -0.2) is 9.97 Å². The number of aromatic nitrogens is 6. The van der Waals surface area contributed by atoms with Gasteiger partial charge in [-0.2, -0.15) is 10.2 Å². The zero-order valence-corrected chi connectivity index (χ0v) is 35.8. The number of hydrogen-bond acceptors (Lipinski definition) is 13. The number of benzene rings is 2. The van der Waals surface area contributed by atoms with Crippen LogP contribution in [0.5, 0.6) is 5.75 Å². The molecule has 0 aliphatic heterocycles. The van der Waals surface area contributed by atoms with Crippen molar-refractivity contribution < 1.29 is 23.9 Å². The highest BCUT2D eigenvalue weighted by Gasteiger charge is 2.21. The van der Waals surface area contributed by atoms with E-state index in [9.17, 15) is 19.2 Å². The molecule has 320 valence electrons. The summed E-state index contributed by atoms with van der Waals surface area (Å²) in [5, 5.41) is 19.3. The van der Waals surface area contributed by atoms with Crippen LogP contribution < -0.4 is 26.0 Å². The molecular formula is C47H52N10O5. The molecule has 0 aliphatic carbocycles. The third-order valence-corrected chi connectivity index (χ3v) is 9.41. The molecule has 2 amide bonds. The van der Waals surface area contributed by atoms with Crippen LogP contribution in [-0.4, -0.2) is 73.7 Å². The van der Waals surface area contributed by atoms with Gasteiger partial charge >= 0.3 is 0 Å². The predicted molar refractivity (Wildman–Crippen MR) is 238 cm³/mol. The molecule has 6 rings (SSSR count). The summed E-state index contributed by atoms with van der Waals surface area (Å²) in [6.45, 7) is 10.4.